The molecule has 1 rings (SSSR count). The number of hydrogen-bond donors (Lipinski definition) is 0. The Morgan fingerprint density at radius 1 is 1.67 bits per heavy atom. The summed E-state index contributed by atoms with van der Waals surface area (Å²) in [5, 5.41) is 0. The zero-order valence-corrected chi connectivity index (χ0v) is 7.62. The van der Waals surface area contributed by atoms with Crippen molar-refractivity contribution >= 4 is 0 Å². The highest BCUT2D eigenvalue weighted by molar-refractivity contribution is 5.09. The number of rotatable bonds is 3. The molecule has 12 heavy (non-hydrogen) atoms. The van der Waals surface area contributed by atoms with Crippen molar-refractivity contribution in [1.82, 2.24) is 9.88 Å². The molecule has 64 valence electrons. The van der Waals surface area contributed by atoms with E-state index in [1.54, 1.807) is 6.20 Å². The molecule has 0 amide bonds. The van der Waals surface area contributed by atoms with Gasteiger partial charge in [0.1, 0.15) is 0 Å². The third-order valence-electron chi connectivity index (χ3n) is 1.79. The second kappa shape index (κ2) is 3.90. The fraction of sp³-hybridized carbons (Fsp3) is 0.300. The molecule has 0 atom stereocenters. The molecule has 0 bridgehead atoms. The highest BCUT2D eigenvalue weighted by atomic mass is 15.1. The Morgan fingerprint density at radius 3 is 2.92 bits per heavy atom. The highest BCUT2D eigenvalue weighted by Gasteiger charge is 1.97. The van der Waals surface area contributed by atoms with Crippen LogP contribution in [0.5, 0.6) is 0 Å². The van der Waals surface area contributed by atoms with Crippen molar-refractivity contribution in [3.8, 4) is 0 Å². The summed E-state index contributed by atoms with van der Waals surface area (Å²) in [5.41, 5.74) is 2.28. The molecule has 2 nitrogen and oxygen atoms in total. The Bertz CT molecular complexity index is 254. The average molecular weight is 162 g/mol. The number of hydrogen-bond acceptors (Lipinski definition) is 2. The lowest BCUT2D eigenvalue weighted by Crippen LogP contribution is -2.14. The lowest BCUT2D eigenvalue weighted by molar-refractivity contribution is 0.413. The summed E-state index contributed by atoms with van der Waals surface area (Å²) in [6, 6.07) is 4.01. The molecule has 0 aliphatic heterocycles. The Hall–Kier alpha value is -1.31. The van der Waals surface area contributed by atoms with Gasteiger partial charge in [0.2, 0.25) is 0 Å². The van der Waals surface area contributed by atoms with E-state index in [1.165, 1.54) is 5.56 Å². The highest BCUT2D eigenvalue weighted by Crippen LogP contribution is 2.04. The van der Waals surface area contributed by atoms with Crippen LogP contribution in [0.4, 0.5) is 0 Å². The van der Waals surface area contributed by atoms with Crippen LogP contribution in [0.1, 0.15) is 12.5 Å². The van der Waals surface area contributed by atoms with Crippen molar-refractivity contribution in [3.05, 3.63) is 42.4 Å². The number of pyridine rings is 1. The minimum atomic E-state index is 0.878. The second-order valence-corrected chi connectivity index (χ2v) is 2.95. The summed E-state index contributed by atoms with van der Waals surface area (Å²) in [7, 11) is 2.02. The lowest BCUT2D eigenvalue weighted by atomic mass is 10.2. The van der Waals surface area contributed by atoms with E-state index in [-0.39, 0.29) is 0 Å². The van der Waals surface area contributed by atoms with Gasteiger partial charge in [-0.3, -0.25) is 4.98 Å². The van der Waals surface area contributed by atoms with Crippen LogP contribution in [0.3, 0.4) is 0 Å². The van der Waals surface area contributed by atoms with Crippen molar-refractivity contribution in [1.29, 1.82) is 0 Å². The van der Waals surface area contributed by atoms with Gasteiger partial charge < -0.3 is 4.90 Å². The Balaban J connectivity index is 2.58. The molecule has 1 aromatic heterocycles. The quantitative estimate of drug-likeness (QED) is 0.676. The van der Waals surface area contributed by atoms with Gasteiger partial charge in [-0.05, 0) is 18.6 Å². The molecule has 2 heteroatoms. The van der Waals surface area contributed by atoms with Gasteiger partial charge in [-0.2, -0.15) is 0 Å². The van der Waals surface area contributed by atoms with E-state index >= 15 is 0 Å². The van der Waals surface area contributed by atoms with Crippen molar-refractivity contribution in [2.75, 3.05) is 7.05 Å². The molecule has 0 aromatic carbocycles. The van der Waals surface area contributed by atoms with Gasteiger partial charge in [0, 0.05) is 31.7 Å². The van der Waals surface area contributed by atoms with Crippen LogP contribution in [-0.4, -0.2) is 16.9 Å². The number of nitrogens with zero attached hydrogens (tertiary/aromatic N) is 2. The average Bonchev–Trinajstić information content (AvgIpc) is 2.06. The van der Waals surface area contributed by atoms with Gasteiger partial charge in [0.05, 0.1) is 0 Å². The van der Waals surface area contributed by atoms with Crippen LogP contribution in [0.25, 0.3) is 0 Å². The van der Waals surface area contributed by atoms with Crippen LogP contribution in [0.15, 0.2) is 36.8 Å². The Kier molecular flexibility index (Phi) is 2.86. The molecule has 0 N–H and O–H groups in total. The standard InChI is InChI=1S/C10H14N2/c1-9(2)12(3)8-10-5-4-6-11-7-10/h4-7H,1,8H2,2-3H3. The van der Waals surface area contributed by atoms with Crippen LogP contribution >= 0.6 is 0 Å². The van der Waals surface area contributed by atoms with Crippen molar-refractivity contribution in [2.24, 2.45) is 0 Å². The van der Waals surface area contributed by atoms with E-state index in [2.05, 4.69) is 22.5 Å². The zero-order valence-electron chi connectivity index (χ0n) is 7.62. The topological polar surface area (TPSA) is 16.1 Å². The van der Waals surface area contributed by atoms with Crippen LogP contribution in [0.2, 0.25) is 0 Å². The van der Waals surface area contributed by atoms with Crippen LogP contribution < -0.4 is 0 Å². The molecule has 0 fully saturated rings. The second-order valence-electron chi connectivity index (χ2n) is 2.95. The summed E-state index contributed by atoms with van der Waals surface area (Å²) in [6.07, 6.45) is 3.66. The first kappa shape index (κ1) is 8.78. The molecule has 0 aliphatic rings. The minimum Gasteiger partial charge on any atom is -0.374 e. The Labute approximate surface area is 73.5 Å². The van der Waals surface area contributed by atoms with E-state index in [9.17, 15) is 0 Å². The van der Waals surface area contributed by atoms with Gasteiger partial charge in [-0.25, -0.2) is 0 Å². The molecule has 0 unspecified atom stereocenters. The van der Waals surface area contributed by atoms with E-state index in [1.807, 2.05) is 26.2 Å². The lowest BCUT2D eigenvalue weighted by Gasteiger charge is -2.18. The molecule has 1 heterocycles. The summed E-state index contributed by atoms with van der Waals surface area (Å²) < 4.78 is 0. The summed E-state index contributed by atoms with van der Waals surface area (Å²) in [5.74, 6) is 0. The first-order valence-corrected chi connectivity index (χ1v) is 3.95. The van der Waals surface area contributed by atoms with Crippen LogP contribution in [0, 0.1) is 0 Å². The van der Waals surface area contributed by atoms with E-state index in [0.717, 1.165) is 12.2 Å². The minimum absolute atomic E-state index is 0.878. The summed E-state index contributed by atoms with van der Waals surface area (Å²) >= 11 is 0. The fourth-order valence-corrected chi connectivity index (χ4v) is 0.900. The van der Waals surface area contributed by atoms with E-state index in [0.29, 0.717) is 0 Å². The summed E-state index contributed by atoms with van der Waals surface area (Å²) in [6.45, 7) is 6.73. The number of allylic oxidation sites excluding steroid dienone is 1. The SMILES string of the molecule is C=C(C)N(C)Cc1cccnc1. The zero-order chi connectivity index (χ0) is 8.97. The third kappa shape index (κ3) is 2.38. The first-order chi connectivity index (χ1) is 5.70. The maximum atomic E-state index is 4.04. The van der Waals surface area contributed by atoms with E-state index < -0.39 is 0 Å². The molecular formula is C10H14N2. The largest absolute Gasteiger partial charge is 0.374 e. The molecule has 0 saturated heterocycles. The predicted molar refractivity (Wildman–Crippen MR) is 50.5 cm³/mol. The van der Waals surface area contributed by atoms with Gasteiger partial charge in [-0.1, -0.05) is 12.6 Å². The normalized spacial score (nSPS) is 9.50. The van der Waals surface area contributed by atoms with Gasteiger partial charge in [0.25, 0.3) is 0 Å². The third-order valence-corrected chi connectivity index (χ3v) is 1.79. The smallest absolute Gasteiger partial charge is 0.0438 e. The maximum absolute atomic E-state index is 4.04. The molecule has 0 saturated carbocycles. The van der Waals surface area contributed by atoms with Gasteiger partial charge in [-0.15, -0.1) is 0 Å². The molecule has 0 spiro atoms. The van der Waals surface area contributed by atoms with Crippen LogP contribution in [-0.2, 0) is 6.54 Å². The number of aromatic nitrogens is 1. The van der Waals surface area contributed by atoms with Crippen molar-refractivity contribution in [2.45, 2.75) is 13.5 Å². The van der Waals surface area contributed by atoms with E-state index in [4.69, 9.17) is 0 Å². The fourth-order valence-electron chi connectivity index (χ4n) is 0.900. The maximum Gasteiger partial charge on any atom is 0.0438 e. The van der Waals surface area contributed by atoms with Gasteiger partial charge >= 0.3 is 0 Å². The predicted octanol–water partition coefficient (Wildman–Crippen LogP) is 2.05. The van der Waals surface area contributed by atoms with Gasteiger partial charge in [0.15, 0.2) is 0 Å². The molecular weight excluding hydrogens is 148 g/mol. The molecule has 1 aromatic rings. The van der Waals surface area contributed by atoms with Crippen molar-refractivity contribution < 1.29 is 0 Å². The Morgan fingerprint density at radius 2 is 2.42 bits per heavy atom. The monoisotopic (exact) mass is 162 g/mol. The van der Waals surface area contributed by atoms with Crippen molar-refractivity contribution in [3.63, 3.8) is 0 Å². The molecule has 0 aliphatic carbocycles. The first-order valence-electron chi connectivity index (χ1n) is 3.95. The summed E-state index contributed by atoms with van der Waals surface area (Å²) in [4.78, 5) is 6.13. The molecule has 0 radical (unpaired) electrons.